The Hall–Kier alpha value is -2.04. The summed E-state index contributed by atoms with van der Waals surface area (Å²) in [4.78, 5) is 12.1. The van der Waals surface area contributed by atoms with E-state index in [9.17, 15) is 13.2 Å². The van der Waals surface area contributed by atoms with E-state index in [0.29, 0.717) is 10.6 Å². The van der Waals surface area contributed by atoms with Gasteiger partial charge in [0.15, 0.2) is 10.6 Å². The van der Waals surface area contributed by atoms with Crippen LogP contribution < -0.4 is 10.0 Å². The van der Waals surface area contributed by atoms with E-state index >= 15 is 0 Å². The summed E-state index contributed by atoms with van der Waals surface area (Å²) in [5.74, 6) is 0.308. The molecule has 0 bridgehead atoms. The first-order valence-electron chi connectivity index (χ1n) is 8.48. The van der Waals surface area contributed by atoms with Crippen LogP contribution in [0.15, 0.2) is 29.2 Å². The number of carbonyl (C=O) groups excluding carboxylic acids is 1. The van der Waals surface area contributed by atoms with E-state index in [4.69, 9.17) is 12.2 Å². The molecular formula is C17H25N5O3S2. The van der Waals surface area contributed by atoms with Gasteiger partial charge in [-0.05, 0) is 35.3 Å². The number of H-pyrrole nitrogens is 1. The predicted molar refractivity (Wildman–Crippen MR) is 105 cm³/mol. The van der Waals surface area contributed by atoms with Crippen LogP contribution in [0.25, 0.3) is 0 Å². The third kappa shape index (κ3) is 5.72. The van der Waals surface area contributed by atoms with Crippen molar-refractivity contribution in [2.75, 3.05) is 6.54 Å². The summed E-state index contributed by atoms with van der Waals surface area (Å²) < 4.78 is 29.2. The zero-order valence-electron chi connectivity index (χ0n) is 15.9. The zero-order valence-corrected chi connectivity index (χ0v) is 17.5. The van der Waals surface area contributed by atoms with Gasteiger partial charge in [-0.25, -0.2) is 13.1 Å². The topological polar surface area (TPSA) is 109 Å². The molecule has 27 heavy (non-hydrogen) atoms. The number of nitrogens with one attached hydrogen (secondary N) is 3. The number of aromatic amines is 1. The maximum atomic E-state index is 12.3. The fourth-order valence-electron chi connectivity index (χ4n) is 2.32. The molecular weight excluding hydrogens is 386 g/mol. The summed E-state index contributed by atoms with van der Waals surface area (Å²) in [6, 6.07) is 6.76. The standard InChI is InChI=1S/C17H25N5O3S2/c1-17(2,3)12-5-7-13(8-6-12)27(24,25)19-10-9-15(23)18-11-14-20-21-16(26)22(14)4/h5-8,19H,9-11H2,1-4H3,(H,18,23)(H,21,26). The monoisotopic (exact) mass is 411 g/mol. The number of rotatable bonds is 7. The van der Waals surface area contributed by atoms with Crippen molar-refractivity contribution in [3.05, 3.63) is 40.4 Å². The van der Waals surface area contributed by atoms with E-state index in [1.54, 1.807) is 35.9 Å². The molecule has 0 aliphatic carbocycles. The van der Waals surface area contributed by atoms with Crippen LogP contribution in [0, 0.1) is 4.77 Å². The Balaban J connectivity index is 1.85. The molecule has 148 valence electrons. The molecule has 10 heteroatoms. The maximum Gasteiger partial charge on any atom is 0.240 e. The van der Waals surface area contributed by atoms with Crippen LogP contribution in [0.1, 0.15) is 38.6 Å². The number of benzene rings is 1. The molecule has 0 atom stereocenters. The molecule has 1 heterocycles. The second-order valence-electron chi connectivity index (χ2n) is 7.20. The molecule has 8 nitrogen and oxygen atoms in total. The first kappa shape index (κ1) is 21.3. The molecule has 1 aromatic carbocycles. The highest BCUT2D eigenvalue weighted by Gasteiger charge is 2.17. The van der Waals surface area contributed by atoms with Crippen LogP contribution in [0.5, 0.6) is 0 Å². The lowest BCUT2D eigenvalue weighted by atomic mass is 9.87. The molecule has 0 spiro atoms. The van der Waals surface area contributed by atoms with Gasteiger partial charge >= 0.3 is 0 Å². The van der Waals surface area contributed by atoms with E-state index < -0.39 is 10.0 Å². The Morgan fingerprint density at radius 1 is 1.26 bits per heavy atom. The van der Waals surface area contributed by atoms with Crippen LogP contribution in [0.4, 0.5) is 0 Å². The van der Waals surface area contributed by atoms with Crippen molar-refractivity contribution in [2.24, 2.45) is 7.05 Å². The van der Waals surface area contributed by atoms with Gasteiger partial charge in [-0.2, -0.15) is 5.10 Å². The van der Waals surface area contributed by atoms with E-state index in [1.165, 1.54) is 0 Å². The Morgan fingerprint density at radius 2 is 1.89 bits per heavy atom. The number of carbonyl (C=O) groups is 1. The number of hydrogen-bond acceptors (Lipinski definition) is 5. The van der Waals surface area contributed by atoms with Gasteiger partial charge in [0.05, 0.1) is 11.4 Å². The van der Waals surface area contributed by atoms with Crippen LogP contribution >= 0.6 is 12.2 Å². The third-order valence-corrected chi connectivity index (χ3v) is 5.93. The smallest absolute Gasteiger partial charge is 0.240 e. The Kier molecular flexibility index (Phi) is 6.55. The molecule has 0 saturated carbocycles. The maximum absolute atomic E-state index is 12.3. The van der Waals surface area contributed by atoms with Gasteiger partial charge in [-0.3, -0.25) is 9.89 Å². The quantitative estimate of drug-likeness (QED) is 0.602. The van der Waals surface area contributed by atoms with Crippen LogP contribution in [0.3, 0.4) is 0 Å². The second-order valence-corrected chi connectivity index (χ2v) is 9.36. The van der Waals surface area contributed by atoms with Crippen molar-refractivity contribution >= 4 is 28.1 Å². The Morgan fingerprint density at radius 3 is 2.41 bits per heavy atom. The van der Waals surface area contributed by atoms with Crippen molar-refractivity contribution in [2.45, 2.75) is 44.0 Å². The minimum Gasteiger partial charge on any atom is -0.349 e. The molecule has 0 unspecified atom stereocenters. The van der Waals surface area contributed by atoms with E-state index in [1.807, 2.05) is 0 Å². The molecule has 0 aliphatic heterocycles. The van der Waals surface area contributed by atoms with Gasteiger partial charge in [0.1, 0.15) is 0 Å². The molecule has 0 radical (unpaired) electrons. The third-order valence-electron chi connectivity index (χ3n) is 4.09. The largest absolute Gasteiger partial charge is 0.349 e. The van der Waals surface area contributed by atoms with Crippen molar-refractivity contribution in [3.8, 4) is 0 Å². The number of nitrogens with zero attached hydrogens (tertiary/aromatic N) is 2. The number of hydrogen-bond donors (Lipinski definition) is 3. The van der Waals surface area contributed by atoms with Crippen molar-refractivity contribution in [1.29, 1.82) is 0 Å². The average molecular weight is 412 g/mol. The number of aromatic nitrogens is 3. The molecule has 0 aliphatic rings. The predicted octanol–water partition coefficient (Wildman–Crippen LogP) is 1.76. The second kappa shape index (κ2) is 8.32. The summed E-state index contributed by atoms with van der Waals surface area (Å²) in [5, 5.41) is 9.30. The molecule has 2 aromatic rings. The molecule has 2 rings (SSSR count). The lowest BCUT2D eigenvalue weighted by Crippen LogP contribution is -2.31. The fourth-order valence-corrected chi connectivity index (χ4v) is 3.50. The van der Waals surface area contributed by atoms with Crippen molar-refractivity contribution in [1.82, 2.24) is 24.8 Å². The highest BCUT2D eigenvalue weighted by molar-refractivity contribution is 7.89. The zero-order chi connectivity index (χ0) is 20.2. The average Bonchev–Trinajstić information content (AvgIpc) is 2.91. The molecule has 1 amide bonds. The van der Waals surface area contributed by atoms with E-state index in [0.717, 1.165) is 5.56 Å². The van der Waals surface area contributed by atoms with Gasteiger partial charge in [0.2, 0.25) is 15.9 Å². The minimum atomic E-state index is -3.65. The Labute approximate surface area is 164 Å². The van der Waals surface area contributed by atoms with E-state index in [2.05, 4.69) is 41.0 Å². The summed E-state index contributed by atoms with van der Waals surface area (Å²) in [6.07, 6.45) is 0.0220. The van der Waals surface area contributed by atoms with Crippen LogP contribution in [-0.4, -0.2) is 35.6 Å². The minimum absolute atomic E-state index is 0.00810. The van der Waals surface area contributed by atoms with Crippen molar-refractivity contribution < 1.29 is 13.2 Å². The van der Waals surface area contributed by atoms with Gasteiger partial charge < -0.3 is 9.88 Å². The SMILES string of the molecule is Cn1c(CNC(=O)CCNS(=O)(=O)c2ccc(C(C)(C)C)cc2)n[nH]c1=S. The lowest BCUT2D eigenvalue weighted by Gasteiger charge is -2.19. The van der Waals surface area contributed by atoms with Crippen LogP contribution in [0.2, 0.25) is 0 Å². The first-order valence-corrected chi connectivity index (χ1v) is 10.4. The molecule has 0 saturated heterocycles. The van der Waals surface area contributed by atoms with Gasteiger partial charge in [-0.15, -0.1) is 0 Å². The van der Waals surface area contributed by atoms with Crippen molar-refractivity contribution in [3.63, 3.8) is 0 Å². The fraction of sp³-hybridized carbons (Fsp3) is 0.471. The van der Waals surface area contributed by atoms with Crippen LogP contribution in [-0.2, 0) is 33.8 Å². The highest BCUT2D eigenvalue weighted by atomic mass is 32.2. The Bertz CT molecular complexity index is 954. The highest BCUT2D eigenvalue weighted by Crippen LogP contribution is 2.23. The molecule has 1 aromatic heterocycles. The summed E-state index contributed by atoms with van der Waals surface area (Å²) in [7, 11) is -1.91. The first-order chi connectivity index (χ1) is 12.5. The number of sulfonamides is 1. The summed E-state index contributed by atoms with van der Waals surface area (Å²) in [6.45, 7) is 6.40. The summed E-state index contributed by atoms with van der Waals surface area (Å²) >= 11 is 5.00. The van der Waals surface area contributed by atoms with Gasteiger partial charge in [0.25, 0.3) is 0 Å². The van der Waals surface area contributed by atoms with E-state index in [-0.39, 0.29) is 35.7 Å². The molecule has 3 N–H and O–H groups in total. The molecule has 0 fully saturated rings. The van der Waals surface area contributed by atoms with Gasteiger partial charge in [-0.1, -0.05) is 32.9 Å². The summed E-state index contributed by atoms with van der Waals surface area (Å²) in [5.41, 5.74) is 1.000. The lowest BCUT2D eigenvalue weighted by molar-refractivity contribution is -0.121. The van der Waals surface area contributed by atoms with Gasteiger partial charge in [0, 0.05) is 20.0 Å². The normalized spacial score (nSPS) is 12.1. The number of amides is 1.